The average molecular weight is 288 g/mol. The fraction of sp³-hybridized carbons (Fsp3) is 0.200. The number of nitrogens with zero attached hydrogens (tertiary/aromatic N) is 1. The molecule has 0 aliphatic carbocycles. The summed E-state index contributed by atoms with van der Waals surface area (Å²) in [6, 6.07) is 5.23. The molecule has 78 valence electrons. The van der Waals surface area contributed by atoms with Crippen LogP contribution in [0, 0.1) is 0 Å². The van der Waals surface area contributed by atoms with Crippen molar-refractivity contribution < 1.29 is 0 Å². The molecule has 0 saturated carbocycles. The van der Waals surface area contributed by atoms with Gasteiger partial charge in [0, 0.05) is 0 Å². The summed E-state index contributed by atoms with van der Waals surface area (Å²) in [5.41, 5.74) is 0.416. The Balaban J connectivity index is 2.85. The molecule has 1 N–H and O–H groups in total. The lowest BCUT2D eigenvalue weighted by Gasteiger charge is -2.04. The number of nitrogens with one attached hydrogen (secondary N) is 1. The standard InChI is InChI=1S/C10H8BrClN2O/c1-5(11)9-13-7-4-2-3-6(12)8(7)10(15)14-9/h2-5H,1H3,(H,13,14,15). The number of fused-ring (bicyclic) bond motifs is 1. The van der Waals surface area contributed by atoms with E-state index in [1.54, 1.807) is 18.2 Å². The van der Waals surface area contributed by atoms with Crippen LogP contribution in [0.15, 0.2) is 23.0 Å². The van der Waals surface area contributed by atoms with Gasteiger partial charge in [-0.2, -0.15) is 0 Å². The first-order valence-electron chi connectivity index (χ1n) is 4.42. The van der Waals surface area contributed by atoms with Gasteiger partial charge in [-0.05, 0) is 19.1 Å². The van der Waals surface area contributed by atoms with Crippen LogP contribution in [0.3, 0.4) is 0 Å². The van der Waals surface area contributed by atoms with E-state index in [1.165, 1.54) is 0 Å². The van der Waals surface area contributed by atoms with Crippen LogP contribution in [0.5, 0.6) is 0 Å². The third-order valence-corrected chi connectivity index (χ3v) is 2.83. The Kier molecular flexibility index (Phi) is 2.80. The van der Waals surface area contributed by atoms with Crippen molar-refractivity contribution in [3.8, 4) is 0 Å². The summed E-state index contributed by atoms with van der Waals surface area (Å²) in [4.78, 5) is 18.7. The molecule has 1 aromatic heterocycles. The van der Waals surface area contributed by atoms with Crippen LogP contribution in [-0.2, 0) is 0 Å². The number of alkyl halides is 1. The predicted octanol–water partition coefficient (Wildman–Crippen LogP) is 3.03. The Bertz CT molecular complexity index is 565. The van der Waals surface area contributed by atoms with E-state index in [0.29, 0.717) is 21.7 Å². The van der Waals surface area contributed by atoms with E-state index < -0.39 is 0 Å². The third kappa shape index (κ3) is 1.92. The van der Waals surface area contributed by atoms with Gasteiger partial charge in [-0.3, -0.25) is 4.79 Å². The molecule has 0 saturated heterocycles. The molecule has 1 heterocycles. The number of hydrogen-bond donors (Lipinski definition) is 1. The summed E-state index contributed by atoms with van der Waals surface area (Å²) >= 11 is 9.28. The Labute approximate surface area is 99.6 Å². The number of benzene rings is 1. The van der Waals surface area contributed by atoms with Gasteiger partial charge in [0.2, 0.25) is 0 Å². The van der Waals surface area contributed by atoms with E-state index in [-0.39, 0.29) is 10.4 Å². The molecule has 1 atom stereocenters. The van der Waals surface area contributed by atoms with Gasteiger partial charge in [-0.25, -0.2) is 4.98 Å². The largest absolute Gasteiger partial charge is 0.309 e. The fourth-order valence-corrected chi connectivity index (χ4v) is 1.83. The molecule has 15 heavy (non-hydrogen) atoms. The van der Waals surface area contributed by atoms with E-state index in [2.05, 4.69) is 25.9 Å². The zero-order chi connectivity index (χ0) is 11.0. The molecule has 0 aliphatic heterocycles. The predicted molar refractivity (Wildman–Crippen MR) is 64.7 cm³/mol. The lowest BCUT2D eigenvalue weighted by molar-refractivity contribution is 0.936. The highest BCUT2D eigenvalue weighted by atomic mass is 79.9. The van der Waals surface area contributed by atoms with Crippen molar-refractivity contribution in [3.63, 3.8) is 0 Å². The Hall–Kier alpha value is -0.870. The van der Waals surface area contributed by atoms with E-state index in [4.69, 9.17) is 11.6 Å². The van der Waals surface area contributed by atoms with Crippen LogP contribution < -0.4 is 5.56 Å². The zero-order valence-electron chi connectivity index (χ0n) is 7.92. The first-order valence-corrected chi connectivity index (χ1v) is 5.71. The summed E-state index contributed by atoms with van der Waals surface area (Å²) in [5.74, 6) is 0.606. The average Bonchev–Trinajstić information content (AvgIpc) is 2.17. The van der Waals surface area contributed by atoms with Gasteiger partial charge in [0.25, 0.3) is 5.56 Å². The Morgan fingerprint density at radius 1 is 1.53 bits per heavy atom. The quantitative estimate of drug-likeness (QED) is 0.820. The van der Waals surface area contributed by atoms with Gasteiger partial charge in [-0.15, -0.1) is 0 Å². The maximum absolute atomic E-state index is 11.7. The SMILES string of the molecule is CC(Br)c1nc2cccc(Cl)c2c(=O)[nH]1. The Morgan fingerprint density at radius 3 is 2.93 bits per heavy atom. The first kappa shape index (κ1) is 10.6. The summed E-state index contributed by atoms with van der Waals surface area (Å²) in [5, 5.41) is 0.867. The molecule has 0 bridgehead atoms. The first-order chi connectivity index (χ1) is 7.09. The highest BCUT2D eigenvalue weighted by molar-refractivity contribution is 9.09. The second-order valence-electron chi connectivity index (χ2n) is 3.20. The molecule has 1 aromatic carbocycles. The molecule has 3 nitrogen and oxygen atoms in total. The molecule has 0 radical (unpaired) electrons. The van der Waals surface area contributed by atoms with Crippen LogP contribution in [0.1, 0.15) is 17.6 Å². The van der Waals surface area contributed by atoms with Gasteiger partial charge in [0.1, 0.15) is 5.82 Å². The second-order valence-corrected chi connectivity index (χ2v) is 4.98. The molecule has 0 spiro atoms. The van der Waals surface area contributed by atoms with Crippen molar-refractivity contribution in [2.75, 3.05) is 0 Å². The van der Waals surface area contributed by atoms with Crippen LogP contribution in [0.4, 0.5) is 0 Å². The fourth-order valence-electron chi connectivity index (χ4n) is 1.36. The van der Waals surface area contributed by atoms with Crippen LogP contribution in [-0.4, -0.2) is 9.97 Å². The summed E-state index contributed by atoms with van der Waals surface area (Å²) in [6.45, 7) is 1.90. The number of hydrogen-bond acceptors (Lipinski definition) is 2. The maximum Gasteiger partial charge on any atom is 0.260 e. The molecule has 0 amide bonds. The monoisotopic (exact) mass is 286 g/mol. The topological polar surface area (TPSA) is 45.8 Å². The van der Waals surface area contributed by atoms with Crippen molar-refractivity contribution >= 4 is 38.4 Å². The molecule has 2 aromatic rings. The molecule has 0 aliphatic rings. The van der Waals surface area contributed by atoms with Gasteiger partial charge in [-0.1, -0.05) is 33.6 Å². The number of halogens is 2. The minimum atomic E-state index is -0.202. The van der Waals surface area contributed by atoms with Crippen LogP contribution in [0.25, 0.3) is 10.9 Å². The van der Waals surface area contributed by atoms with Crippen molar-refractivity contribution in [2.24, 2.45) is 0 Å². The summed E-state index contributed by atoms with van der Waals surface area (Å²) < 4.78 is 0. The van der Waals surface area contributed by atoms with E-state index in [1.807, 2.05) is 6.92 Å². The lowest BCUT2D eigenvalue weighted by Crippen LogP contribution is -2.12. The van der Waals surface area contributed by atoms with Crippen molar-refractivity contribution in [2.45, 2.75) is 11.8 Å². The highest BCUT2D eigenvalue weighted by Gasteiger charge is 2.09. The minimum Gasteiger partial charge on any atom is -0.309 e. The molecule has 5 heteroatoms. The lowest BCUT2D eigenvalue weighted by atomic mass is 10.2. The Morgan fingerprint density at radius 2 is 2.27 bits per heavy atom. The number of aromatic amines is 1. The normalized spacial score (nSPS) is 13.0. The number of H-pyrrole nitrogens is 1. The number of rotatable bonds is 1. The van der Waals surface area contributed by atoms with Gasteiger partial charge < -0.3 is 4.98 Å². The van der Waals surface area contributed by atoms with E-state index >= 15 is 0 Å². The highest BCUT2D eigenvalue weighted by Crippen LogP contribution is 2.21. The van der Waals surface area contributed by atoms with Crippen LogP contribution in [0.2, 0.25) is 5.02 Å². The molecular formula is C10H8BrClN2O. The summed E-state index contributed by atoms with van der Waals surface area (Å²) in [6.07, 6.45) is 0. The maximum atomic E-state index is 11.7. The van der Waals surface area contributed by atoms with Gasteiger partial charge in [0.05, 0.1) is 20.8 Å². The molecular weight excluding hydrogens is 279 g/mol. The van der Waals surface area contributed by atoms with E-state index in [9.17, 15) is 4.79 Å². The second kappa shape index (κ2) is 3.94. The third-order valence-electron chi connectivity index (χ3n) is 2.08. The molecule has 0 fully saturated rings. The van der Waals surface area contributed by atoms with Gasteiger partial charge in [0.15, 0.2) is 0 Å². The summed E-state index contributed by atoms with van der Waals surface area (Å²) in [7, 11) is 0. The van der Waals surface area contributed by atoms with E-state index in [0.717, 1.165) is 0 Å². The number of aromatic nitrogens is 2. The molecule has 1 unspecified atom stereocenters. The smallest absolute Gasteiger partial charge is 0.260 e. The van der Waals surface area contributed by atoms with Gasteiger partial charge >= 0.3 is 0 Å². The van der Waals surface area contributed by atoms with Crippen molar-refractivity contribution in [3.05, 3.63) is 39.4 Å². The van der Waals surface area contributed by atoms with Crippen molar-refractivity contribution in [1.29, 1.82) is 0 Å². The van der Waals surface area contributed by atoms with Crippen molar-refractivity contribution in [1.82, 2.24) is 9.97 Å². The zero-order valence-corrected chi connectivity index (χ0v) is 10.3. The molecule has 2 rings (SSSR count). The minimum absolute atomic E-state index is 0.00795. The van der Waals surface area contributed by atoms with Crippen LogP contribution >= 0.6 is 27.5 Å².